The van der Waals surface area contributed by atoms with Crippen LogP contribution < -0.4 is 4.74 Å². The molecule has 2 heterocycles. The highest BCUT2D eigenvalue weighted by Gasteiger charge is 2.46. The molecule has 0 bridgehead atoms. The van der Waals surface area contributed by atoms with E-state index in [0.29, 0.717) is 28.5 Å². The van der Waals surface area contributed by atoms with Crippen LogP contribution in [0.1, 0.15) is 22.7 Å². The van der Waals surface area contributed by atoms with Crippen molar-refractivity contribution in [1.82, 2.24) is 9.88 Å². The first-order chi connectivity index (χ1) is 16.0. The van der Waals surface area contributed by atoms with Crippen molar-refractivity contribution in [2.75, 3.05) is 6.61 Å². The number of aliphatic hydroxyl groups is 1. The van der Waals surface area contributed by atoms with Crippen molar-refractivity contribution in [3.05, 3.63) is 113 Å². The van der Waals surface area contributed by atoms with Gasteiger partial charge in [-0.1, -0.05) is 42.5 Å². The Morgan fingerprint density at radius 1 is 1.15 bits per heavy atom. The molecule has 166 valence electrons. The highest BCUT2D eigenvalue weighted by atomic mass is 35.5. The van der Waals surface area contributed by atoms with Gasteiger partial charge < -0.3 is 14.7 Å². The number of pyridine rings is 1. The van der Waals surface area contributed by atoms with Gasteiger partial charge in [-0.2, -0.15) is 0 Å². The number of hydrogen-bond donors (Lipinski definition) is 1. The summed E-state index contributed by atoms with van der Waals surface area (Å²) in [6, 6.07) is 16.3. The van der Waals surface area contributed by atoms with Crippen LogP contribution in [0.15, 0.2) is 91.3 Å². The predicted octanol–water partition coefficient (Wildman–Crippen LogP) is 4.92. The monoisotopic (exact) mass is 460 g/mol. The van der Waals surface area contributed by atoms with Gasteiger partial charge in [0.1, 0.15) is 18.1 Å². The molecule has 4 rings (SSSR count). The molecule has 1 saturated heterocycles. The molecule has 0 aliphatic carbocycles. The first-order valence-corrected chi connectivity index (χ1v) is 10.6. The lowest BCUT2D eigenvalue weighted by Crippen LogP contribution is -2.29. The zero-order valence-electron chi connectivity index (χ0n) is 17.6. The van der Waals surface area contributed by atoms with Crippen LogP contribution in [-0.4, -0.2) is 33.3 Å². The average molecular weight is 461 g/mol. The van der Waals surface area contributed by atoms with Gasteiger partial charge in [-0.25, -0.2) is 0 Å². The van der Waals surface area contributed by atoms with Crippen LogP contribution in [0, 0.1) is 0 Å². The van der Waals surface area contributed by atoms with Crippen LogP contribution in [0.2, 0.25) is 5.02 Å². The second-order valence-corrected chi connectivity index (χ2v) is 7.90. The Kier molecular flexibility index (Phi) is 6.56. The second kappa shape index (κ2) is 9.71. The van der Waals surface area contributed by atoms with Crippen LogP contribution in [0.3, 0.4) is 0 Å². The lowest BCUT2D eigenvalue weighted by atomic mass is 9.95. The van der Waals surface area contributed by atoms with Crippen LogP contribution >= 0.6 is 11.6 Å². The van der Waals surface area contributed by atoms with E-state index in [0.717, 1.165) is 5.56 Å². The molecule has 0 radical (unpaired) electrons. The number of rotatable bonds is 7. The van der Waals surface area contributed by atoms with E-state index in [-0.39, 0.29) is 17.9 Å². The molecule has 2 aromatic carbocycles. The molecule has 1 N–H and O–H groups in total. The van der Waals surface area contributed by atoms with Crippen molar-refractivity contribution in [2.45, 2.75) is 12.6 Å². The molecule has 6 nitrogen and oxygen atoms in total. The maximum atomic E-state index is 13.1. The number of nitrogens with zero attached hydrogens (tertiary/aromatic N) is 2. The molecule has 1 aliphatic heterocycles. The van der Waals surface area contributed by atoms with Crippen LogP contribution in [0.25, 0.3) is 5.76 Å². The first kappa shape index (κ1) is 22.3. The standard InChI is InChI=1S/C26H21ClN2O4/c1-2-13-33-21-10-8-18(9-11-21)24(30)22-23(19-6-3-7-20(27)14-19)29(26(32)25(22)31)16-17-5-4-12-28-15-17/h2-12,14-15,23,30H,1,13,16H2/t23-/m1/s1. The summed E-state index contributed by atoms with van der Waals surface area (Å²) < 4.78 is 5.48. The molecule has 0 spiro atoms. The van der Waals surface area contributed by atoms with Crippen LogP contribution in [-0.2, 0) is 16.1 Å². The zero-order valence-corrected chi connectivity index (χ0v) is 18.4. The number of ketones is 1. The Balaban J connectivity index is 1.79. The number of amides is 1. The van der Waals surface area contributed by atoms with Gasteiger partial charge in [0, 0.05) is 29.5 Å². The first-order valence-electron chi connectivity index (χ1n) is 10.3. The Morgan fingerprint density at radius 3 is 2.61 bits per heavy atom. The summed E-state index contributed by atoms with van der Waals surface area (Å²) in [6.07, 6.45) is 4.90. The number of benzene rings is 2. The molecule has 33 heavy (non-hydrogen) atoms. The third kappa shape index (κ3) is 4.66. The molecule has 1 aromatic heterocycles. The number of carbonyl (C=O) groups excluding carboxylic acids is 2. The maximum Gasteiger partial charge on any atom is 0.295 e. The summed E-state index contributed by atoms with van der Waals surface area (Å²) in [7, 11) is 0. The zero-order chi connectivity index (χ0) is 23.4. The molecule has 0 unspecified atom stereocenters. The fourth-order valence-electron chi connectivity index (χ4n) is 3.77. The average Bonchev–Trinajstić information content (AvgIpc) is 3.08. The fraction of sp³-hybridized carbons (Fsp3) is 0.115. The van der Waals surface area contributed by atoms with Crippen molar-refractivity contribution >= 4 is 29.1 Å². The van der Waals surface area contributed by atoms with E-state index < -0.39 is 17.7 Å². The van der Waals surface area contributed by atoms with Gasteiger partial charge >= 0.3 is 0 Å². The molecule has 1 aliphatic rings. The summed E-state index contributed by atoms with van der Waals surface area (Å²) in [5, 5.41) is 11.6. The maximum absolute atomic E-state index is 13.1. The van der Waals surface area contributed by atoms with E-state index in [1.807, 2.05) is 6.07 Å². The quantitative estimate of drug-likeness (QED) is 0.234. The van der Waals surface area contributed by atoms with Crippen LogP contribution in [0.5, 0.6) is 5.75 Å². The Hall–Kier alpha value is -3.90. The second-order valence-electron chi connectivity index (χ2n) is 7.47. The van der Waals surface area contributed by atoms with E-state index in [2.05, 4.69) is 11.6 Å². The smallest absolute Gasteiger partial charge is 0.295 e. The molecular formula is C26H21ClN2O4. The lowest BCUT2D eigenvalue weighted by molar-refractivity contribution is -0.140. The van der Waals surface area contributed by atoms with Crippen molar-refractivity contribution in [3.63, 3.8) is 0 Å². The Bertz CT molecular complexity index is 1220. The molecule has 0 saturated carbocycles. The minimum absolute atomic E-state index is 0.00548. The van der Waals surface area contributed by atoms with Gasteiger partial charge in [-0.15, -0.1) is 0 Å². The van der Waals surface area contributed by atoms with E-state index in [9.17, 15) is 14.7 Å². The molecule has 1 atom stereocenters. The summed E-state index contributed by atoms with van der Waals surface area (Å²) in [5.41, 5.74) is 1.78. The molecule has 1 amide bonds. The summed E-state index contributed by atoms with van der Waals surface area (Å²) in [6.45, 7) is 4.11. The third-order valence-corrected chi connectivity index (χ3v) is 5.51. The van der Waals surface area contributed by atoms with Gasteiger partial charge in [0.15, 0.2) is 0 Å². The number of aliphatic hydroxyl groups excluding tert-OH is 1. The number of aromatic nitrogens is 1. The molecular weight excluding hydrogens is 440 g/mol. The van der Waals surface area contributed by atoms with Gasteiger partial charge in [-0.3, -0.25) is 14.6 Å². The highest BCUT2D eigenvalue weighted by molar-refractivity contribution is 6.46. The molecule has 1 fully saturated rings. The number of Topliss-reactive ketones (excluding diaryl/α,β-unsaturated/α-hetero) is 1. The number of ether oxygens (including phenoxy) is 1. The predicted molar refractivity (Wildman–Crippen MR) is 126 cm³/mol. The van der Waals surface area contributed by atoms with Crippen LogP contribution in [0.4, 0.5) is 0 Å². The van der Waals surface area contributed by atoms with E-state index >= 15 is 0 Å². The lowest BCUT2D eigenvalue weighted by Gasteiger charge is -2.25. The normalized spacial score (nSPS) is 17.2. The molecule has 7 heteroatoms. The van der Waals surface area contributed by atoms with Gasteiger partial charge in [-0.05, 0) is 53.6 Å². The SMILES string of the molecule is C=CCOc1ccc(C(O)=C2C(=O)C(=O)N(Cc3cccnc3)[C@@H]2c2cccc(Cl)c2)cc1. The van der Waals surface area contributed by atoms with E-state index in [1.165, 1.54) is 4.90 Å². The van der Waals surface area contributed by atoms with Crippen molar-refractivity contribution < 1.29 is 19.4 Å². The summed E-state index contributed by atoms with van der Waals surface area (Å²) in [5.74, 6) is -1.12. The highest BCUT2D eigenvalue weighted by Crippen LogP contribution is 2.40. The van der Waals surface area contributed by atoms with Gasteiger partial charge in [0.05, 0.1) is 11.6 Å². The molecule has 3 aromatic rings. The Labute approximate surface area is 196 Å². The summed E-state index contributed by atoms with van der Waals surface area (Å²) in [4.78, 5) is 31.7. The number of carbonyl (C=O) groups is 2. The van der Waals surface area contributed by atoms with Crippen molar-refractivity contribution in [2.24, 2.45) is 0 Å². The van der Waals surface area contributed by atoms with E-state index in [1.54, 1.807) is 73.1 Å². The fourth-order valence-corrected chi connectivity index (χ4v) is 3.97. The topological polar surface area (TPSA) is 79.7 Å². The Morgan fingerprint density at radius 2 is 1.94 bits per heavy atom. The van der Waals surface area contributed by atoms with E-state index in [4.69, 9.17) is 16.3 Å². The van der Waals surface area contributed by atoms with Gasteiger partial charge in [0.25, 0.3) is 11.7 Å². The minimum atomic E-state index is -0.805. The number of hydrogen-bond acceptors (Lipinski definition) is 5. The number of likely N-dealkylation sites (tertiary alicyclic amines) is 1. The van der Waals surface area contributed by atoms with Crippen molar-refractivity contribution in [1.29, 1.82) is 0 Å². The summed E-state index contributed by atoms with van der Waals surface area (Å²) >= 11 is 6.21. The van der Waals surface area contributed by atoms with Crippen molar-refractivity contribution in [3.8, 4) is 5.75 Å². The van der Waals surface area contributed by atoms with Gasteiger partial charge in [0.2, 0.25) is 0 Å². The number of halogens is 1. The minimum Gasteiger partial charge on any atom is -0.507 e. The largest absolute Gasteiger partial charge is 0.507 e. The third-order valence-electron chi connectivity index (χ3n) is 5.28.